The van der Waals surface area contributed by atoms with Crippen LogP contribution in [0, 0.1) is 13.8 Å². The number of alkyl halides is 2. The first-order valence-corrected chi connectivity index (χ1v) is 8.57. The summed E-state index contributed by atoms with van der Waals surface area (Å²) in [5, 5.41) is 10.8. The summed E-state index contributed by atoms with van der Waals surface area (Å²) in [4.78, 5) is 12.5. The summed E-state index contributed by atoms with van der Waals surface area (Å²) in [7, 11) is 0. The van der Waals surface area contributed by atoms with Crippen LogP contribution in [0.5, 0.6) is 0 Å². The molecule has 3 rings (SSSR count). The van der Waals surface area contributed by atoms with E-state index in [0.717, 1.165) is 11.1 Å². The van der Waals surface area contributed by atoms with Crippen LogP contribution in [0.3, 0.4) is 0 Å². The molecule has 6 nitrogen and oxygen atoms in total. The molecule has 1 aromatic carbocycles. The predicted octanol–water partition coefficient (Wildman–Crippen LogP) is 3.88. The van der Waals surface area contributed by atoms with Crippen molar-refractivity contribution in [3.63, 3.8) is 0 Å². The lowest BCUT2D eigenvalue weighted by Crippen LogP contribution is -2.25. The molecular weight excluding hydrogens is 352 g/mol. The SMILES string of the molecule is Cc1ccccc1Cn1cc(NC(=O)C(C)n2nc(C(F)F)cc2C)cn1. The minimum absolute atomic E-state index is 0.335. The standard InChI is InChI=1S/C19H21F2N5O/c1-12-6-4-5-7-15(12)10-25-11-16(9-22-25)23-19(27)14(3)26-13(2)8-17(24-26)18(20)21/h4-9,11,14,18H,10H2,1-3H3,(H,23,27). The molecular formula is C19H21F2N5O. The highest BCUT2D eigenvalue weighted by Gasteiger charge is 2.21. The van der Waals surface area contributed by atoms with E-state index in [2.05, 4.69) is 15.5 Å². The van der Waals surface area contributed by atoms with Crippen LogP contribution in [-0.4, -0.2) is 25.5 Å². The van der Waals surface area contributed by atoms with Crippen LogP contribution in [0.4, 0.5) is 14.5 Å². The van der Waals surface area contributed by atoms with Crippen LogP contribution in [0.25, 0.3) is 0 Å². The van der Waals surface area contributed by atoms with Crippen molar-refractivity contribution in [3.05, 3.63) is 65.2 Å². The minimum atomic E-state index is -2.67. The second-order valence-corrected chi connectivity index (χ2v) is 6.47. The number of amides is 1. The molecule has 1 unspecified atom stereocenters. The monoisotopic (exact) mass is 373 g/mol. The molecule has 3 aromatic rings. The van der Waals surface area contributed by atoms with Crippen molar-refractivity contribution in [1.82, 2.24) is 19.6 Å². The minimum Gasteiger partial charge on any atom is -0.322 e. The van der Waals surface area contributed by atoms with Crippen molar-refractivity contribution in [3.8, 4) is 0 Å². The number of nitrogens with zero attached hydrogens (tertiary/aromatic N) is 4. The van der Waals surface area contributed by atoms with Gasteiger partial charge in [0.25, 0.3) is 6.43 Å². The van der Waals surface area contributed by atoms with E-state index in [4.69, 9.17) is 0 Å². The first kappa shape index (κ1) is 18.8. The van der Waals surface area contributed by atoms with Gasteiger partial charge in [-0.05, 0) is 38.0 Å². The third kappa shape index (κ3) is 4.21. The third-order valence-corrected chi connectivity index (χ3v) is 4.41. The number of hydrogen-bond donors (Lipinski definition) is 1. The normalized spacial score (nSPS) is 12.4. The first-order chi connectivity index (χ1) is 12.8. The number of anilines is 1. The van der Waals surface area contributed by atoms with Gasteiger partial charge < -0.3 is 5.32 Å². The predicted molar refractivity (Wildman–Crippen MR) is 97.8 cm³/mol. The molecule has 27 heavy (non-hydrogen) atoms. The Labute approximate surface area is 155 Å². The molecule has 0 saturated heterocycles. The van der Waals surface area contributed by atoms with Crippen molar-refractivity contribution in [2.75, 3.05) is 5.32 Å². The average Bonchev–Trinajstić information content (AvgIpc) is 3.23. The van der Waals surface area contributed by atoms with Gasteiger partial charge in [-0.25, -0.2) is 8.78 Å². The fourth-order valence-corrected chi connectivity index (χ4v) is 2.85. The highest BCUT2D eigenvalue weighted by atomic mass is 19.3. The van der Waals surface area contributed by atoms with Crippen molar-refractivity contribution in [2.45, 2.75) is 39.8 Å². The van der Waals surface area contributed by atoms with Gasteiger partial charge in [0, 0.05) is 11.9 Å². The van der Waals surface area contributed by atoms with Gasteiger partial charge >= 0.3 is 0 Å². The summed E-state index contributed by atoms with van der Waals surface area (Å²) >= 11 is 0. The van der Waals surface area contributed by atoms with Gasteiger partial charge in [0.05, 0.1) is 18.4 Å². The van der Waals surface area contributed by atoms with Crippen LogP contribution in [0.2, 0.25) is 0 Å². The maximum absolute atomic E-state index is 12.8. The number of carbonyl (C=O) groups excluding carboxylic acids is 1. The zero-order valence-electron chi connectivity index (χ0n) is 15.4. The number of carbonyl (C=O) groups is 1. The lowest BCUT2D eigenvalue weighted by Gasteiger charge is -2.13. The Morgan fingerprint density at radius 3 is 2.67 bits per heavy atom. The number of halogens is 2. The van der Waals surface area contributed by atoms with Gasteiger partial charge in [-0.1, -0.05) is 24.3 Å². The summed E-state index contributed by atoms with van der Waals surface area (Å²) in [6, 6.07) is 8.57. The average molecular weight is 373 g/mol. The fraction of sp³-hybridized carbons (Fsp3) is 0.316. The molecule has 2 heterocycles. The van der Waals surface area contributed by atoms with E-state index in [1.54, 1.807) is 30.9 Å². The molecule has 0 radical (unpaired) electrons. The summed E-state index contributed by atoms with van der Waals surface area (Å²) in [5.74, 6) is -0.350. The van der Waals surface area contributed by atoms with Crippen molar-refractivity contribution in [1.29, 1.82) is 0 Å². The maximum atomic E-state index is 12.8. The van der Waals surface area contributed by atoms with E-state index < -0.39 is 12.5 Å². The van der Waals surface area contributed by atoms with Crippen LogP contribution < -0.4 is 5.32 Å². The number of aromatic nitrogens is 4. The summed E-state index contributed by atoms with van der Waals surface area (Å²) in [5.41, 5.74) is 3.01. The summed E-state index contributed by atoms with van der Waals surface area (Å²) < 4.78 is 28.6. The fourth-order valence-electron chi connectivity index (χ4n) is 2.85. The van der Waals surface area contributed by atoms with Gasteiger partial charge in [-0.2, -0.15) is 10.2 Å². The highest BCUT2D eigenvalue weighted by Crippen LogP contribution is 2.21. The van der Waals surface area contributed by atoms with E-state index in [1.807, 2.05) is 31.2 Å². The number of nitrogens with one attached hydrogen (secondary N) is 1. The first-order valence-electron chi connectivity index (χ1n) is 8.57. The van der Waals surface area contributed by atoms with Gasteiger partial charge in [0.2, 0.25) is 5.91 Å². The Kier molecular flexibility index (Phi) is 5.34. The van der Waals surface area contributed by atoms with Crippen molar-refractivity contribution in [2.24, 2.45) is 0 Å². The van der Waals surface area contributed by atoms with Crippen LogP contribution in [-0.2, 0) is 11.3 Å². The smallest absolute Gasteiger partial charge is 0.282 e. The molecule has 0 spiro atoms. The van der Waals surface area contributed by atoms with Crippen molar-refractivity contribution < 1.29 is 13.6 Å². The maximum Gasteiger partial charge on any atom is 0.282 e. The van der Waals surface area contributed by atoms with E-state index in [-0.39, 0.29) is 11.6 Å². The topological polar surface area (TPSA) is 64.7 Å². The second-order valence-electron chi connectivity index (χ2n) is 6.47. The van der Waals surface area contributed by atoms with E-state index in [1.165, 1.54) is 10.7 Å². The molecule has 1 atom stereocenters. The lowest BCUT2D eigenvalue weighted by molar-refractivity contribution is -0.119. The summed E-state index contributed by atoms with van der Waals surface area (Å²) in [6.45, 7) is 5.88. The Balaban J connectivity index is 1.68. The van der Waals surface area contributed by atoms with Crippen LogP contribution in [0.1, 0.15) is 41.9 Å². The van der Waals surface area contributed by atoms with Crippen LogP contribution in [0.15, 0.2) is 42.7 Å². The Bertz CT molecular complexity index is 947. The Morgan fingerprint density at radius 2 is 2.00 bits per heavy atom. The number of aryl methyl sites for hydroxylation is 2. The number of rotatable bonds is 6. The molecule has 2 aromatic heterocycles. The number of hydrogen-bond acceptors (Lipinski definition) is 3. The zero-order valence-corrected chi connectivity index (χ0v) is 15.4. The summed E-state index contributed by atoms with van der Waals surface area (Å²) in [6.07, 6.45) is 0.626. The molecule has 0 aliphatic carbocycles. The Morgan fingerprint density at radius 1 is 1.26 bits per heavy atom. The largest absolute Gasteiger partial charge is 0.322 e. The van der Waals surface area contributed by atoms with E-state index in [0.29, 0.717) is 17.9 Å². The van der Waals surface area contributed by atoms with Gasteiger partial charge in [-0.15, -0.1) is 0 Å². The molecule has 1 N–H and O–H groups in total. The quantitative estimate of drug-likeness (QED) is 0.713. The Hall–Kier alpha value is -3.03. The molecule has 0 bridgehead atoms. The second kappa shape index (κ2) is 7.69. The highest BCUT2D eigenvalue weighted by molar-refractivity contribution is 5.93. The molecule has 8 heteroatoms. The van der Waals surface area contributed by atoms with E-state index in [9.17, 15) is 13.6 Å². The van der Waals surface area contributed by atoms with E-state index >= 15 is 0 Å². The molecule has 0 aliphatic rings. The zero-order chi connectivity index (χ0) is 19.6. The molecule has 0 fully saturated rings. The molecule has 0 aliphatic heterocycles. The number of benzene rings is 1. The third-order valence-electron chi connectivity index (χ3n) is 4.41. The van der Waals surface area contributed by atoms with Gasteiger partial charge in [-0.3, -0.25) is 14.2 Å². The molecule has 142 valence electrons. The van der Waals surface area contributed by atoms with Gasteiger partial charge in [0.15, 0.2) is 0 Å². The van der Waals surface area contributed by atoms with Crippen LogP contribution >= 0.6 is 0 Å². The van der Waals surface area contributed by atoms with Gasteiger partial charge in [0.1, 0.15) is 11.7 Å². The lowest BCUT2D eigenvalue weighted by atomic mass is 10.1. The van der Waals surface area contributed by atoms with Crippen molar-refractivity contribution >= 4 is 11.6 Å². The molecule has 0 saturated carbocycles. The molecule has 1 amide bonds.